The molecule has 48 heavy (non-hydrogen) atoms. The number of hydrogen-bond donors (Lipinski definition) is 2. The maximum absolute atomic E-state index is 13.5. The van der Waals surface area contributed by atoms with Gasteiger partial charge in [-0.3, -0.25) is 23.4 Å². The van der Waals surface area contributed by atoms with Crippen LogP contribution in [-0.4, -0.2) is 99.1 Å². The van der Waals surface area contributed by atoms with E-state index < -0.39 is 43.6 Å². The van der Waals surface area contributed by atoms with Crippen LogP contribution in [-0.2, 0) is 43.7 Å². The van der Waals surface area contributed by atoms with Gasteiger partial charge in [0, 0.05) is 45.1 Å². The van der Waals surface area contributed by atoms with Crippen molar-refractivity contribution in [2.45, 2.75) is 56.3 Å². The Bertz CT molecular complexity index is 1830. The average Bonchev–Trinajstić information content (AvgIpc) is 3.75. The zero-order valence-corrected chi connectivity index (χ0v) is 29.3. The molecule has 2 saturated heterocycles. The number of nitriles is 1. The molecular formula is C26H33N9O9P2S2. The summed E-state index contributed by atoms with van der Waals surface area (Å²) in [5.74, 6) is 0.0595. The van der Waals surface area contributed by atoms with Crippen molar-refractivity contribution in [2.75, 3.05) is 33.9 Å². The minimum absolute atomic E-state index is 0.00818. The van der Waals surface area contributed by atoms with Crippen molar-refractivity contribution in [1.29, 1.82) is 5.26 Å². The Balaban J connectivity index is 1.30. The molecule has 1 saturated carbocycles. The van der Waals surface area contributed by atoms with Gasteiger partial charge in [-0.25, -0.2) is 24.5 Å². The van der Waals surface area contributed by atoms with Crippen LogP contribution >= 0.6 is 25.8 Å². The highest BCUT2D eigenvalue weighted by atomic mass is 32.7. The van der Waals surface area contributed by atoms with Crippen LogP contribution in [0.15, 0.2) is 34.7 Å². The Morgan fingerprint density at radius 3 is 2.88 bits per heavy atom. The molecule has 0 unspecified atom stereocenters. The second-order valence-electron chi connectivity index (χ2n) is 11.4. The molecule has 0 spiro atoms. The molecule has 22 heteroatoms. The van der Waals surface area contributed by atoms with Crippen LogP contribution in [0.25, 0.3) is 11.2 Å². The summed E-state index contributed by atoms with van der Waals surface area (Å²) in [5.41, 5.74) is -0.274. The SMILES string of the molecule is CN(C)C=Nc1nc2c(ncn2[C@@H]2O[C@@H]3CO[P@@](=O)(S)O[C@H]4C[C@H](Oc5ccncn5)C[C@@H]4CO[P@@](=S)(OCCC#N)O[C@@H]2C3)c(=O)[nH]1. The number of nitrogens with one attached hydrogen (secondary N) is 1. The number of fused-ring (bicyclic) bond motifs is 4. The molecule has 2 aliphatic heterocycles. The van der Waals surface area contributed by atoms with E-state index in [1.54, 1.807) is 31.3 Å². The normalized spacial score (nSPS) is 32.6. The maximum Gasteiger partial charge on any atom is 0.386 e. The lowest BCUT2D eigenvalue weighted by atomic mass is 10.1. The largest absolute Gasteiger partial charge is 0.474 e. The fourth-order valence-corrected chi connectivity index (χ4v) is 9.21. The molecule has 0 radical (unpaired) electrons. The monoisotopic (exact) mass is 741 g/mol. The van der Waals surface area contributed by atoms with Gasteiger partial charge < -0.3 is 27.9 Å². The van der Waals surface area contributed by atoms with Gasteiger partial charge in [0.15, 0.2) is 17.4 Å². The summed E-state index contributed by atoms with van der Waals surface area (Å²) in [5, 5.41) is 9.17. The van der Waals surface area contributed by atoms with Crippen LogP contribution < -0.4 is 10.3 Å². The summed E-state index contributed by atoms with van der Waals surface area (Å²) >= 11 is 10.1. The van der Waals surface area contributed by atoms with Gasteiger partial charge in [0.25, 0.3) is 5.56 Å². The predicted octanol–water partition coefficient (Wildman–Crippen LogP) is 3.29. The Morgan fingerprint density at radius 1 is 1.25 bits per heavy atom. The van der Waals surface area contributed by atoms with Crippen LogP contribution in [0.3, 0.4) is 0 Å². The highest BCUT2D eigenvalue weighted by Crippen LogP contribution is 2.59. The number of ether oxygens (including phenoxy) is 2. The van der Waals surface area contributed by atoms with Crippen molar-refractivity contribution in [1.82, 2.24) is 34.4 Å². The smallest absolute Gasteiger partial charge is 0.386 e. The molecule has 3 aliphatic rings. The van der Waals surface area contributed by atoms with Gasteiger partial charge in [0.2, 0.25) is 11.8 Å². The van der Waals surface area contributed by atoms with Gasteiger partial charge in [-0.05, 0) is 18.2 Å². The number of nitrogens with zero attached hydrogens (tertiary/aromatic N) is 8. The van der Waals surface area contributed by atoms with Crippen molar-refractivity contribution in [3.05, 3.63) is 35.3 Å². The van der Waals surface area contributed by atoms with E-state index >= 15 is 0 Å². The Labute approximate surface area is 285 Å². The Morgan fingerprint density at radius 2 is 2.10 bits per heavy atom. The van der Waals surface area contributed by atoms with Gasteiger partial charge in [-0.2, -0.15) is 10.2 Å². The number of hydrogen-bond acceptors (Lipinski definition) is 16. The van der Waals surface area contributed by atoms with Gasteiger partial charge in [0.1, 0.15) is 18.5 Å². The molecule has 3 aromatic heterocycles. The van der Waals surface area contributed by atoms with Crippen molar-refractivity contribution < 1.29 is 36.7 Å². The number of imidazole rings is 1. The van der Waals surface area contributed by atoms with E-state index in [4.69, 9.17) is 43.9 Å². The lowest BCUT2D eigenvalue weighted by Crippen LogP contribution is -2.25. The summed E-state index contributed by atoms with van der Waals surface area (Å²) < 4.78 is 57.7. The molecule has 3 fully saturated rings. The summed E-state index contributed by atoms with van der Waals surface area (Å²) in [6, 6.07) is 3.66. The molecule has 6 rings (SSSR count). The van der Waals surface area contributed by atoms with Crippen molar-refractivity contribution in [3.63, 3.8) is 0 Å². The van der Waals surface area contributed by atoms with Crippen molar-refractivity contribution in [3.8, 4) is 11.9 Å². The number of thiol groups is 1. The molecule has 0 amide bonds. The number of aromatic amines is 1. The zero-order valence-electron chi connectivity index (χ0n) is 25.8. The quantitative estimate of drug-likeness (QED) is 0.112. The summed E-state index contributed by atoms with van der Waals surface area (Å²) in [6.07, 6.45) is 3.39. The first-order chi connectivity index (χ1) is 23.0. The van der Waals surface area contributed by atoms with Crippen LogP contribution in [0.1, 0.15) is 31.9 Å². The fraction of sp³-hybridized carbons (Fsp3) is 0.577. The van der Waals surface area contributed by atoms with Crippen LogP contribution in [0.5, 0.6) is 5.88 Å². The van der Waals surface area contributed by atoms with Gasteiger partial charge in [-0.15, -0.1) is 0 Å². The number of rotatable bonds is 8. The first-order valence-electron chi connectivity index (χ1n) is 14.9. The van der Waals surface area contributed by atoms with E-state index in [9.17, 15) is 14.6 Å². The van der Waals surface area contributed by atoms with Gasteiger partial charge in [0.05, 0.1) is 57.2 Å². The summed E-state index contributed by atoms with van der Waals surface area (Å²) in [4.78, 5) is 38.1. The first-order valence-corrected chi connectivity index (χ1v) is 20.1. The summed E-state index contributed by atoms with van der Waals surface area (Å²) in [7, 11) is 3.55. The average molecular weight is 742 g/mol. The fourth-order valence-electron chi connectivity index (χ4n) is 5.48. The van der Waals surface area contributed by atoms with Gasteiger partial charge >= 0.3 is 13.5 Å². The number of H-pyrrole nitrogens is 1. The zero-order chi connectivity index (χ0) is 33.9. The lowest BCUT2D eigenvalue weighted by Gasteiger charge is -2.29. The van der Waals surface area contributed by atoms with E-state index in [1.807, 2.05) is 6.07 Å². The lowest BCUT2D eigenvalue weighted by molar-refractivity contribution is -0.0485. The first kappa shape index (κ1) is 35.0. The molecule has 8 atom stereocenters. The minimum Gasteiger partial charge on any atom is -0.474 e. The third-order valence-electron chi connectivity index (χ3n) is 7.55. The molecule has 1 aliphatic carbocycles. The highest BCUT2D eigenvalue weighted by molar-refractivity contribution is 8.44. The summed E-state index contributed by atoms with van der Waals surface area (Å²) in [6.45, 7) is -7.68. The highest BCUT2D eigenvalue weighted by Gasteiger charge is 2.46. The van der Waals surface area contributed by atoms with E-state index in [0.29, 0.717) is 18.7 Å². The van der Waals surface area contributed by atoms with Crippen molar-refractivity contribution in [2.24, 2.45) is 10.9 Å². The van der Waals surface area contributed by atoms with E-state index in [2.05, 4.69) is 42.2 Å². The number of aliphatic imine (C=N–C) groups is 1. The standard InChI is InChI=1S/C26H33N9O9P2S2/c1-34(2)14-31-26-32-23-22(24(36)33-26)30-15-35(23)25-20-10-18(42-25)12-39-45(37,47)43-19-9-17(41-21-4-6-28-13-29-21)8-16(19)11-40-46(48,44-20)38-7-3-5-27/h4,6,13-20,25H,3,7-12H2,1-2H3,(H,37,47)(H,32,33,36)/t16-,17-,18+,19+,20-,25-,45-,46+/m1/s1. The number of aromatic nitrogens is 6. The Hall–Kier alpha value is -2.82. The predicted molar refractivity (Wildman–Crippen MR) is 176 cm³/mol. The van der Waals surface area contributed by atoms with Crippen LogP contribution in [0, 0.1) is 17.2 Å². The molecule has 3 aromatic rings. The molecule has 18 nitrogen and oxygen atoms in total. The van der Waals surface area contributed by atoms with Crippen LogP contribution in [0.4, 0.5) is 5.95 Å². The molecule has 258 valence electrons. The third-order valence-corrected chi connectivity index (χ3v) is 11.6. The van der Waals surface area contributed by atoms with Crippen LogP contribution in [0.2, 0.25) is 0 Å². The van der Waals surface area contributed by atoms with Crippen molar-refractivity contribution >= 4 is 61.0 Å². The second-order valence-corrected chi connectivity index (χ2v) is 17.2. The molecule has 0 aromatic carbocycles. The second kappa shape index (κ2) is 15.0. The van der Waals surface area contributed by atoms with E-state index in [-0.39, 0.29) is 61.8 Å². The van der Waals surface area contributed by atoms with Gasteiger partial charge in [-0.1, -0.05) is 12.2 Å². The molecular weight excluding hydrogens is 708 g/mol. The van der Waals surface area contributed by atoms with E-state index in [0.717, 1.165) is 0 Å². The molecule has 2 bridgehead atoms. The Kier molecular flexibility index (Phi) is 10.9. The molecule has 5 heterocycles. The molecule has 1 N–H and O–H groups in total. The minimum atomic E-state index is -3.91. The maximum atomic E-state index is 13.5. The topological polar surface area (TPSA) is 210 Å². The third kappa shape index (κ3) is 8.48. The van der Waals surface area contributed by atoms with E-state index in [1.165, 1.54) is 23.6 Å².